The maximum Gasteiger partial charge on any atom is 0.338 e. The van der Waals surface area contributed by atoms with Crippen molar-refractivity contribution in [2.75, 3.05) is 46.2 Å². The predicted molar refractivity (Wildman–Crippen MR) is 197 cm³/mol. The van der Waals surface area contributed by atoms with Gasteiger partial charge in [-0.1, -0.05) is 79.7 Å². The van der Waals surface area contributed by atoms with Crippen molar-refractivity contribution >= 4 is 23.9 Å². The van der Waals surface area contributed by atoms with Gasteiger partial charge < -0.3 is 37.9 Å². The van der Waals surface area contributed by atoms with Crippen LogP contribution in [0.5, 0.6) is 0 Å². The average molecular weight is 743 g/mol. The summed E-state index contributed by atoms with van der Waals surface area (Å²) in [5.74, 6) is -2.76. The van der Waals surface area contributed by atoms with Gasteiger partial charge in [0.05, 0.1) is 48.7 Å². The van der Waals surface area contributed by atoms with Crippen LogP contribution in [0.3, 0.4) is 0 Å². The molecule has 286 valence electrons. The van der Waals surface area contributed by atoms with Crippen molar-refractivity contribution in [1.29, 1.82) is 0 Å². The van der Waals surface area contributed by atoms with E-state index in [0.717, 1.165) is 6.42 Å². The second-order valence-electron chi connectivity index (χ2n) is 11.8. The number of ether oxygens (including phenoxy) is 8. The highest BCUT2D eigenvalue weighted by molar-refractivity contribution is 5.91. The molecule has 0 aliphatic carbocycles. The minimum atomic E-state index is -1.36. The topological polar surface area (TPSA) is 142 Å². The van der Waals surface area contributed by atoms with Crippen LogP contribution in [0.25, 0.3) is 0 Å². The molecule has 0 fully saturated rings. The van der Waals surface area contributed by atoms with Gasteiger partial charge in [0.15, 0.2) is 12.4 Å². The normalized spacial score (nSPS) is 13.1. The first-order valence-electron chi connectivity index (χ1n) is 17.7. The molecule has 0 aliphatic rings. The molecule has 0 amide bonds. The highest BCUT2D eigenvalue weighted by Crippen LogP contribution is 2.20. The Bertz CT molecular complexity index is 1690. The molecule has 0 saturated carbocycles. The average Bonchev–Trinajstić information content (AvgIpc) is 3.22. The Balaban J connectivity index is 1.61. The summed E-state index contributed by atoms with van der Waals surface area (Å²) in [6.45, 7) is 4.16. The lowest BCUT2D eigenvalue weighted by Gasteiger charge is -2.33. The number of hydrogen-bond donors (Lipinski definition) is 0. The van der Waals surface area contributed by atoms with Gasteiger partial charge >= 0.3 is 23.9 Å². The van der Waals surface area contributed by atoms with Crippen LogP contribution in [0.2, 0.25) is 0 Å². The van der Waals surface area contributed by atoms with Gasteiger partial charge in [-0.3, -0.25) is 0 Å². The fourth-order valence-corrected chi connectivity index (χ4v) is 4.97. The third kappa shape index (κ3) is 14.2. The second-order valence-corrected chi connectivity index (χ2v) is 11.8. The van der Waals surface area contributed by atoms with E-state index >= 15 is 0 Å². The monoisotopic (exact) mass is 742 g/mol. The molecule has 0 bridgehead atoms. The van der Waals surface area contributed by atoms with Crippen LogP contribution >= 0.6 is 0 Å². The number of hydrogen-bond acceptors (Lipinski definition) is 12. The van der Waals surface area contributed by atoms with E-state index in [1.807, 2.05) is 6.92 Å². The van der Waals surface area contributed by atoms with E-state index in [0.29, 0.717) is 25.4 Å². The van der Waals surface area contributed by atoms with Crippen LogP contribution in [-0.4, -0.2) is 94.7 Å². The SMILES string of the molecule is CCCOCCOCCO[C@H](COC(=O)c1ccccc1)OC(COC(=O)c1ccccc1)[C@@H](OC(=O)c1ccccc1)[C@@H](C)OC(=O)c1ccccc1. The molecule has 4 atom stereocenters. The fourth-order valence-electron chi connectivity index (χ4n) is 4.97. The number of esters is 4. The Morgan fingerprint density at radius 3 is 1.39 bits per heavy atom. The van der Waals surface area contributed by atoms with Gasteiger partial charge in [-0.05, 0) is 61.9 Å². The molecule has 4 aromatic rings. The fraction of sp³-hybridized carbons (Fsp3) is 0.333. The molecule has 0 saturated heterocycles. The van der Waals surface area contributed by atoms with Crippen molar-refractivity contribution in [3.63, 3.8) is 0 Å². The van der Waals surface area contributed by atoms with E-state index in [2.05, 4.69) is 0 Å². The molecule has 4 aromatic carbocycles. The van der Waals surface area contributed by atoms with Crippen LogP contribution in [0, 0.1) is 0 Å². The molecule has 0 spiro atoms. The predicted octanol–water partition coefficient (Wildman–Crippen LogP) is 6.34. The Labute approximate surface area is 315 Å². The Kier molecular flexibility index (Phi) is 17.8. The summed E-state index contributed by atoms with van der Waals surface area (Å²) < 4.78 is 46.5. The minimum absolute atomic E-state index is 0.00483. The quantitative estimate of drug-likeness (QED) is 0.0362. The minimum Gasteiger partial charge on any atom is -0.459 e. The van der Waals surface area contributed by atoms with E-state index in [4.69, 9.17) is 37.9 Å². The van der Waals surface area contributed by atoms with Crippen molar-refractivity contribution in [2.24, 2.45) is 0 Å². The van der Waals surface area contributed by atoms with Crippen LogP contribution < -0.4 is 0 Å². The molecular weight excluding hydrogens is 696 g/mol. The number of rotatable bonds is 23. The summed E-state index contributed by atoms with van der Waals surface area (Å²) in [6.07, 6.45) is -4.22. The molecule has 54 heavy (non-hydrogen) atoms. The molecule has 1 unspecified atom stereocenters. The second kappa shape index (κ2) is 23.3. The highest BCUT2D eigenvalue weighted by Gasteiger charge is 2.38. The lowest BCUT2D eigenvalue weighted by atomic mass is 10.1. The molecule has 0 aliphatic heterocycles. The van der Waals surface area contributed by atoms with Crippen molar-refractivity contribution in [1.82, 2.24) is 0 Å². The first kappa shape index (κ1) is 41.4. The Morgan fingerprint density at radius 1 is 0.500 bits per heavy atom. The maximum absolute atomic E-state index is 13.5. The van der Waals surface area contributed by atoms with E-state index < -0.39 is 61.7 Å². The zero-order valence-corrected chi connectivity index (χ0v) is 30.4. The zero-order valence-electron chi connectivity index (χ0n) is 30.4. The third-order valence-electron chi connectivity index (χ3n) is 7.71. The van der Waals surface area contributed by atoms with E-state index in [1.54, 1.807) is 121 Å². The molecule has 0 radical (unpaired) electrons. The Morgan fingerprint density at radius 2 is 0.907 bits per heavy atom. The summed E-state index contributed by atoms with van der Waals surface area (Å²) in [5, 5.41) is 0. The van der Waals surface area contributed by atoms with Crippen LogP contribution in [0.15, 0.2) is 121 Å². The molecular formula is C42H46O12. The molecule has 4 rings (SSSR count). The van der Waals surface area contributed by atoms with Gasteiger partial charge in [0, 0.05) is 6.61 Å². The smallest absolute Gasteiger partial charge is 0.338 e. The number of carbonyl (C=O) groups is 4. The van der Waals surface area contributed by atoms with Crippen LogP contribution in [0.1, 0.15) is 61.7 Å². The first-order valence-corrected chi connectivity index (χ1v) is 17.7. The maximum atomic E-state index is 13.5. The number of carbonyl (C=O) groups excluding carboxylic acids is 4. The molecule has 12 heteroatoms. The standard InChI is InChI=1S/C42H46O12/c1-3-24-47-25-26-48-27-28-49-37(30-51-40(44)33-18-10-5-11-19-33)53-36(29-50-39(43)32-16-8-4-9-17-32)38(54-42(46)35-22-14-7-15-23-35)31(2)52-41(45)34-20-12-6-13-21-34/h4-23,31,36-38H,3,24-30H2,1-2H3/t31-,36?,37+,38+/m1/s1. The van der Waals surface area contributed by atoms with E-state index in [1.165, 1.54) is 6.92 Å². The van der Waals surface area contributed by atoms with Crippen molar-refractivity contribution in [3.05, 3.63) is 144 Å². The summed E-state index contributed by atoms with van der Waals surface area (Å²) >= 11 is 0. The Hall–Kier alpha value is -5.40. The van der Waals surface area contributed by atoms with Gasteiger partial charge in [-0.15, -0.1) is 0 Å². The highest BCUT2D eigenvalue weighted by atomic mass is 16.7. The van der Waals surface area contributed by atoms with Gasteiger partial charge in [0.2, 0.25) is 0 Å². The van der Waals surface area contributed by atoms with Gasteiger partial charge in [-0.2, -0.15) is 0 Å². The largest absolute Gasteiger partial charge is 0.459 e. The van der Waals surface area contributed by atoms with Gasteiger partial charge in [0.25, 0.3) is 0 Å². The van der Waals surface area contributed by atoms with Crippen LogP contribution in [-0.2, 0) is 37.9 Å². The van der Waals surface area contributed by atoms with Gasteiger partial charge in [-0.25, -0.2) is 19.2 Å². The molecule has 12 nitrogen and oxygen atoms in total. The molecule has 0 aromatic heterocycles. The van der Waals surface area contributed by atoms with Crippen LogP contribution in [0.4, 0.5) is 0 Å². The molecule has 0 N–H and O–H groups in total. The third-order valence-corrected chi connectivity index (χ3v) is 7.71. The summed E-state index contributed by atoms with van der Waals surface area (Å²) in [5.41, 5.74) is 1.05. The lowest BCUT2D eigenvalue weighted by Crippen LogP contribution is -2.48. The lowest BCUT2D eigenvalue weighted by molar-refractivity contribution is -0.225. The van der Waals surface area contributed by atoms with E-state index in [9.17, 15) is 19.2 Å². The van der Waals surface area contributed by atoms with Crippen molar-refractivity contribution in [3.8, 4) is 0 Å². The van der Waals surface area contributed by atoms with E-state index in [-0.39, 0.29) is 29.9 Å². The van der Waals surface area contributed by atoms with Crippen molar-refractivity contribution in [2.45, 2.75) is 44.9 Å². The molecule has 0 heterocycles. The van der Waals surface area contributed by atoms with Gasteiger partial charge in [0.1, 0.15) is 25.4 Å². The summed E-state index contributed by atoms with van der Waals surface area (Å²) in [7, 11) is 0. The first-order chi connectivity index (χ1) is 26.4. The van der Waals surface area contributed by atoms with Crippen molar-refractivity contribution < 1.29 is 57.1 Å². The number of benzene rings is 4. The zero-order chi connectivity index (χ0) is 38.4. The summed E-state index contributed by atoms with van der Waals surface area (Å²) in [4.78, 5) is 52.8. The summed E-state index contributed by atoms with van der Waals surface area (Å²) in [6, 6.07) is 33.1.